The lowest BCUT2D eigenvalue weighted by Gasteiger charge is -2.07. The van der Waals surface area contributed by atoms with Crippen molar-refractivity contribution >= 4 is 23.5 Å². The Morgan fingerprint density at radius 3 is 2.80 bits per heavy atom. The van der Waals surface area contributed by atoms with Crippen molar-refractivity contribution < 1.29 is 4.52 Å². The van der Waals surface area contributed by atoms with Crippen molar-refractivity contribution in [1.29, 1.82) is 0 Å². The van der Waals surface area contributed by atoms with Gasteiger partial charge >= 0.3 is 0 Å². The molecule has 1 aliphatic rings. The standard InChI is InChI=1S/C14H17N3OS2/c1-2-20-10-5-3-9(4-6-10)13-16-14(18-17-13)11-7-19-8-12(11)15/h3-6,11-12H,2,7-8,15H2,1H3. The summed E-state index contributed by atoms with van der Waals surface area (Å²) in [5.41, 5.74) is 7.05. The highest BCUT2D eigenvalue weighted by atomic mass is 32.2. The first-order valence-electron chi connectivity index (χ1n) is 6.68. The molecule has 2 N–H and O–H groups in total. The molecule has 2 aromatic rings. The fraction of sp³-hybridized carbons (Fsp3) is 0.429. The van der Waals surface area contributed by atoms with Crippen molar-refractivity contribution in [3.05, 3.63) is 30.2 Å². The Labute approximate surface area is 126 Å². The van der Waals surface area contributed by atoms with Crippen LogP contribution in [0.15, 0.2) is 33.7 Å². The molecule has 1 saturated heterocycles. The Bertz CT molecular complexity index is 570. The minimum absolute atomic E-state index is 0.122. The van der Waals surface area contributed by atoms with Crippen LogP contribution in [-0.4, -0.2) is 33.4 Å². The van der Waals surface area contributed by atoms with Gasteiger partial charge in [0.2, 0.25) is 11.7 Å². The number of nitrogens with zero attached hydrogens (tertiary/aromatic N) is 2. The van der Waals surface area contributed by atoms with Gasteiger partial charge in [0.25, 0.3) is 0 Å². The van der Waals surface area contributed by atoms with E-state index in [-0.39, 0.29) is 12.0 Å². The van der Waals surface area contributed by atoms with Crippen LogP contribution in [-0.2, 0) is 0 Å². The molecular weight excluding hydrogens is 290 g/mol. The summed E-state index contributed by atoms with van der Waals surface area (Å²) in [6.07, 6.45) is 0. The number of hydrogen-bond donors (Lipinski definition) is 1. The molecule has 0 radical (unpaired) electrons. The van der Waals surface area contributed by atoms with Crippen molar-refractivity contribution in [1.82, 2.24) is 10.1 Å². The van der Waals surface area contributed by atoms with Crippen molar-refractivity contribution in [2.45, 2.75) is 23.8 Å². The summed E-state index contributed by atoms with van der Waals surface area (Å²) in [4.78, 5) is 5.77. The van der Waals surface area contributed by atoms with E-state index in [0.717, 1.165) is 22.8 Å². The van der Waals surface area contributed by atoms with Gasteiger partial charge in [-0.05, 0) is 30.0 Å². The second-order valence-electron chi connectivity index (χ2n) is 4.72. The number of rotatable bonds is 4. The van der Waals surface area contributed by atoms with E-state index in [1.165, 1.54) is 4.90 Å². The van der Waals surface area contributed by atoms with E-state index in [4.69, 9.17) is 10.3 Å². The number of thioether (sulfide) groups is 2. The number of nitrogens with two attached hydrogens (primary N) is 1. The zero-order chi connectivity index (χ0) is 13.9. The van der Waals surface area contributed by atoms with Crippen LogP contribution in [0.5, 0.6) is 0 Å². The van der Waals surface area contributed by atoms with Crippen LogP contribution in [0.3, 0.4) is 0 Å². The van der Waals surface area contributed by atoms with Crippen molar-refractivity contribution in [3.63, 3.8) is 0 Å². The van der Waals surface area contributed by atoms with Gasteiger partial charge in [0, 0.05) is 28.0 Å². The Hall–Kier alpha value is -0.980. The molecule has 0 amide bonds. The maximum atomic E-state index is 6.06. The quantitative estimate of drug-likeness (QED) is 0.876. The molecule has 0 saturated carbocycles. The van der Waals surface area contributed by atoms with E-state index in [0.29, 0.717) is 11.7 Å². The summed E-state index contributed by atoms with van der Waals surface area (Å²) >= 11 is 3.66. The van der Waals surface area contributed by atoms with E-state index in [2.05, 4.69) is 29.2 Å². The average Bonchev–Trinajstić information content (AvgIpc) is 3.08. The highest BCUT2D eigenvalue weighted by Crippen LogP contribution is 2.32. The van der Waals surface area contributed by atoms with Gasteiger partial charge in [-0.15, -0.1) is 11.8 Å². The molecule has 3 rings (SSSR count). The molecule has 106 valence electrons. The second-order valence-corrected chi connectivity index (χ2v) is 7.13. The zero-order valence-corrected chi connectivity index (χ0v) is 12.9. The Morgan fingerprint density at radius 1 is 1.35 bits per heavy atom. The fourth-order valence-electron chi connectivity index (χ4n) is 2.20. The molecule has 2 atom stereocenters. The molecule has 6 heteroatoms. The normalized spacial score (nSPS) is 22.3. The zero-order valence-electron chi connectivity index (χ0n) is 11.3. The number of benzene rings is 1. The highest BCUT2D eigenvalue weighted by Gasteiger charge is 2.30. The van der Waals surface area contributed by atoms with Gasteiger partial charge in [-0.1, -0.05) is 12.1 Å². The van der Waals surface area contributed by atoms with E-state index in [1.54, 1.807) is 0 Å². The molecular formula is C14H17N3OS2. The molecule has 1 aromatic carbocycles. The van der Waals surface area contributed by atoms with Gasteiger partial charge in [0.1, 0.15) is 0 Å². The predicted molar refractivity (Wildman–Crippen MR) is 84.2 cm³/mol. The van der Waals surface area contributed by atoms with Crippen LogP contribution >= 0.6 is 23.5 Å². The first-order valence-corrected chi connectivity index (χ1v) is 8.82. The Balaban J connectivity index is 1.79. The third-order valence-electron chi connectivity index (χ3n) is 3.31. The summed E-state index contributed by atoms with van der Waals surface area (Å²) in [7, 11) is 0. The third-order valence-corrected chi connectivity index (χ3v) is 5.42. The van der Waals surface area contributed by atoms with Crippen molar-refractivity contribution in [2.75, 3.05) is 17.3 Å². The molecule has 2 heterocycles. The van der Waals surface area contributed by atoms with Crippen LogP contribution in [0.4, 0.5) is 0 Å². The number of hydrogen-bond acceptors (Lipinski definition) is 6. The largest absolute Gasteiger partial charge is 0.339 e. The molecule has 0 aliphatic carbocycles. The molecule has 1 aliphatic heterocycles. The van der Waals surface area contributed by atoms with Gasteiger partial charge in [-0.2, -0.15) is 16.7 Å². The van der Waals surface area contributed by atoms with Gasteiger partial charge in [0.05, 0.1) is 5.92 Å². The smallest absolute Gasteiger partial charge is 0.232 e. The second kappa shape index (κ2) is 6.20. The van der Waals surface area contributed by atoms with Gasteiger partial charge in [-0.3, -0.25) is 0 Å². The maximum Gasteiger partial charge on any atom is 0.232 e. The van der Waals surface area contributed by atoms with Crippen LogP contribution < -0.4 is 5.73 Å². The Kier molecular flexibility index (Phi) is 4.33. The SMILES string of the molecule is CCSc1ccc(-c2noc(C3CSCC3N)n2)cc1. The first-order chi connectivity index (χ1) is 9.78. The lowest BCUT2D eigenvalue weighted by Crippen LogP contribution is -2.26. The molecule has 2 unspecified atom stereocenters. The molecule has 4 nitrogen and oxygen atoms in total. The van der Waals surface area contributed by atoms with E-state index < -0.39 is 0 Å². The lowest BCUT2D eigenvalue weighted by atomic mass is 10.1. The molecule has 20 heavy (non-hydrogen) atoms. The van der Waals surface area contributed by atoms with Crippen LogP contribution in [0.1, 0.15) is 18.7 Å². The van der Waals surface area contributed by atoms with E-state index in [1.807, 2.05) is 35.7 Å². The first kappa shape index (κ1) is 14.0. The molecule has 0 spiro atoms. The molecule has 1 aromatic heterocycles. The van der Waals surface area contributed by atoms with Crippen molar-refractivity contribution in [3.8, 4) is 11.4 Å². The highest BCUT2D eigenvalue weighted by molar-refractivity contribution is 7.99. The topological polar surface area (TPSA) is 64.9 Å². The molecule has 0 bridgehead atoms. The van der Waals surface area contributed by atoms with E-state index >= 15 is 0 Å². The summed E-state index contributed by atoms with van der Waals surface area (Å²) < 4.78 is 5.39. The van der Waals surface area contributed by atoms with E-state index in [9.17, 15) is 0 Å². The average molecular weight is 307 g/mol. The summed E-state index contributed by atoms with van der Waals surface area (Å²) in [5, 5.41) is 4.08. The van der Waals surface area contributed by atoms with Crippen molar-refractivity contribution in [2.24, 2.45) is 5.73 Å². The third kappa shape index (κ3) is 2.87. The minimum Gasteiger partial charge on any atom is -0.339 e. The Morgan fingerprint density at radius 2 is 2.15 bits per heavy atom. The van der Waals surface area contributed by atoms with Crippen LogP contribution in [0.25, 0.3) is 11.4 Å². The fourth-order valence-corrected chi connectivity index (χ4v) is 4.14. The van der Waals surface area contributed by atoms with Crippen LogP contribution in [0.2, 0.25) is 0 Å². The van der Waals surface area contributed by atoms with Gasteiger partial charge < -0.3 is 10.3 Å². The van der Waals surface area contributed by atoms with Gasteiger partial charge in [0.15, 0.2) is 0 Å². The lowest BCUT2D eigenvalue weighted by molar-refractivity contribution is 0.352. The maximum absolute atomic E-state index is 6.06. The van der Waals surface area contributed by atoms with Gasteiger partial charge in [-0.25, -0.2) is 0 Å². The minimum atomic E-state index is 0.122. The summed E-state index contributed by atoms with van der Waals surface area (Å²) in [6, 6.07) is 8.39. The predicted octanol–water partition coefficient (Wildman–Crippen LogP) is 3.01. The number of aromatic nitrogens is 2. The van der Waals surface area contributed by atoms with Crippen LogP contribution in [0, 0.1) is 0 Å². The molecule has 1 fully saturated rings. The monoisotopic (exact) mass is 307 g/mol. The summed E-state index contributed by atoms with van der Waals surface area (Å²) in [6.45, 7) is 2.15. The summed E-state index contributed by atoms with van der Waals surface area (Å²) in [5.74, 6) is 4.51.